The second-order valence-electron chi connectivity index (χ2n) is 6.51. The molecule has 20 heavy (non-hydrogen) atoms. The van der Waals surface area contributed by atoms with Crippen LogP contribution in [0.4, 0.5) is 0 Å². The maximum absolute atomic E-state index is 5.79. The molecule has 1 aromatic rings. The predicted molar refractivity (Wildman–Crippen MR) is 84.3 cm³/mol. The monoisotopic (exact) mass is 340 g/mol. The molecule has 2 fully saturated rings. The smallest absolute Gasteiger partial charge is 0.0631 e. The van der Waals surface area contributed by atoms with Gasteiger partial charge in [0.05, 0.1) is 17.8 Å². The molecule has 4 heteroatoms. The first kappa shape index (κ1) is 14.6. The van der Waals surface area contributed by atoms with Crippen molar-refractivity contribution in [3.8, 4) is 0 Å². The Morgan fingerprint density at radius 2 is 2.20 bits per heavy atom. The highest BCUT2D eigenvalue weighted by Gasteiger charge is 2.41. The van der Waals surface area contributed by atoms with Gasteiger partial charge in [0.2, 0.25) is 0 Å². The molecule has 0 spiro atoms. The number of aromatic nitrogens is 2. The van der Waals surface area contributed by atoms with Gasteiger partial charge in [-0.05, 0) is 32.3 Å². The number of nitrogens with zero attached hydrogens (tertiary/aromatic N) is 2. The van der Waals surface area contributed by atoms with Crippen LogP contribution in [-0.4, -0.2) is 27.8 Å². The average Bonchev–Trinajstić information content (AvgIpc) is 3.08. The summed E-state index contributed by atoms with van der Waals surface area (Å²) in [6.45, 7) is 3.09. The quantitative estimate of drug-likeness (QED) is 0.771. The van der Waals surface area contributed by atoms with Crippen molar-refractivity contribution in [1.82, 2.24) is 9.78 Å². The number of alkyl halides is 1. The van der Waals surface area contributed by atoms with E-state index in [1.165, 1.54) is 37.8 Å². The first-order valence-electron chi connectivity index (χ1n) is 7.95. The lowest BCUT2D eigenvalue weighted by Gasteiger charge is -2.29. The van der Waals surface area contributed by atoms with Gasteiger partial charge in [-0.1, -0.05) is 35.2 Å². The number of halogens is 1. The molecule has 1 aromatic heterocycles. The standard InChI is InChI=1S/C16H25BrN2O/c1-13-16(12-17,8-10-20-13)11-14-7-9-19(18-14)15-5-3-2-4-6-15/h7,9,13,15H,2-6,8,10-12H2,1H3. The van der Waals surface area contributed by atoms with Crippen LogP contribution in [0.5, 0.6) is 0 Å². The molecule has 2 heterocycles. The van der Waals surface area contributed by atoms with Crippen LogP contribution in [0.25, 0.3) is 0 Å². The summed E-state index contributed by atoms with van der Waals surface area (Å²) in [7, 11) is 0. The van der Waals surface area contributed by atoms with Gasteiger partial charge in [0.25, 0.3) is 0 Å². The lowest BCUT2D eigenvalue weighted by molar-refractivity contribution is 0.0741. The molecule has 2 unspecified atom stereocenters. The molecule has 0 radical (unpaired) electrons. The zero-order valence-electron chi connectivity index (χ0n) is 12.4. The van der Waals surface area contributed by atoms with Gasteiger partial charge in [0.1, 0.15) is 0 Å². The van der Waals surface area contributed by atoms with Crippen LogP contribution in [0.2, 0.25) is 0 Å². The third-order valence-electron chi connectivity index (χ3n) is 5.24. The van der Waals surface area contributed by atoms with E-state index in [2.05, 4.69) is 39.8 Å². The Hall–Kier alpha value is -0.350. The molecule has 2 aliphatic rings. The van der Waals surface area contributed by atoms with Crippen LogP contribution in [0.3, 0.4) is 0 Å². The van der Waals surface area contributed by atoms with Gasteiger partial charge in [0.15, 0.2) is 0 Å². The van der Waals surface area contributed by atoms with Gasteiger partial charge in [-0.2, -0.15) is 5.10 Å². The molecular formula is C16H25BrN2O. The molecule has 0 bridgehead atoms. The Morgan fingerprint density at radius 1 is 1.40 bits per heavy atom. The lowest BCUT2D eigenvalue weighted by Crippen LogP contribution is -2.33. The van der Waals surface area contributed by atoms with E-state index in [1.807, 2.05) is 0 Å². The zero-order valence-corrected chi connectivity index (χ0v) is 13.9. The Kier molecular flexibility index (Phi) is 4.51. The van der Waals surface area contributed by atoms with E-state index in [4.69, 9.17) is 9.84 Å². The summed E-state index contributed by atoms with van der Waals surface area (Å²) in [5, 5.41) is 5.86. The Morgan fingerprint density at radius 3 is 2.85 bits per heavy atom. The van der Waals surface area contributed by atoms with Crippen molar-refractivity contribution in [2.75, 3.05) is 11.9 Å². The minimum Gasteiger partial charge on any atom is -0.378 e. The third kappa shape index (κ3) is 2.82. The molecule has 0 aromatic carbocycles. The second-order valence-corrected chi connectivity index (χ2v) is 7.08. The topological polar surface area (TPSA) is 27.1 Å². The molecule has 3 rings (SSSR count). The molecule has 0 amide bonds. The van der Waals surface area contributed by atoms with E-state index in [9.17, 15) is 0 Å². The van der Waals surface area contributed by atoms with E-state index < -0.39 is 0 Å². The highest BCUT2D eigenvalue weighted by atomic mass is 79.9. The van der Waals surface area contributed by atoms with Gasteiger partial charge < -0.3 is 4.74 Å². The highest BCUT2D eigenvalue weighted by Crippen LogP contribution is 2.39. The summed E-state index contributed by atoms with van der Waals surface area (Å²) in [5.74, 6) is 0. The number of hydrogen-bond acceptors (Lipinski definition) is 2. The van der Waals surface area contributed by atoms with Gasteiger partial charge >= 0.3 is 0 Å². The molecule has 112 valence electrons. The third-order valence-corrected chi connectivity index (χ3v) is 6.36. The van der Waals surface area contributed by atoms with Crippen molar-refractivity contribution in [3.63, 3.8) is 0 Å². The molecule has 0 N–H and O–H groups in total. The van der Waals surface area contributed by atoms with E-state index in [0.29, 0.717) is 12.1 Å². The minimum absolute atomic E-state index is 0.228. The SMILES string of the molecule is CC1OCCC1(CBr)Cc1ccn(C2CCCCC2)n1. The van der Waals surface area contributed by atoms with Crippen molar-refractivity contribution in [2.45, 2.75) is 64.0 Å². The maximum atomic E-state index is 5.79. The van der Waals surface area contributed by atoms with Crippen molar-refractivity contribution in [1.29, 1.82) is 0 Å². The van der Waals surface area contributed by atoms with Gasteiger partial charge in [-0.3, -0.25) is 4.68 Å². The Balaban J connectivity index is 1.70. The molecule has 1 saturated carbocycles. The number of ether oxygens (including phenoxy) is 1. The Bertz CT molecular complexity index is 441. The summed E-state index contributed by atoms with van der Waals surface area (Å²) in [6.07, 6.45) is 11.4. The van der Waals surface area contributed by atoms with E-state index in [1.54, 1.807) is 0 Å². The molecular weight excluding hydrogens is 316 g/mol. The fourth-order valence-corrected chi connectivity index (χ4v) is 4.59. The summed E-state index contributed by atoms with van der Waals surface area (Å²) < 4.78 is 8.01. The molecule has 1 saturated heterocycles. The van der Waals surface area contributed by atoms with Crippen molar-refractivity contribution in [2.24, 2.45) is 5.41 Å². The number of rotatable bonds is 4. The number of hydrogen-bond donors (Lipinski definition) is 0. The first-order valence-corrected chi connectivity index (χ1v) is 9.07. The second kappa shape index (κ2) is 6.18. The predicted octanol–water partition coefficient (Wildman–Crippen LogP) is 4.12. The van der Waals surface area contributed by atoms with Gasteiger partial charge in [-0.15, -0.1) is 0 Å². The van der Waals surface area contributed by atoms with Crippen molar-refractivity contribution >= 4 is 15.9 Å². The van der Waals surface area contributed by atoms with Crippen LogP contribution in [0.15, 0.2) is 12.3 Å². The summed E-state index contributed by atoms with van der Waals surface area (Å²) in [6, 6.07) is 2.85. The molecule has 3 nitrogen and oxygen atoms in total. The molecule has 1 aliphatic carbocycles. The lowest BCUT2D eigenvalue weighted by atomic mass is 9.79. The van der Waals surface area contributed by atoms with E-state index in [0.717, 1.165) is 24.8 Å². The first-order chi connectivity index (χ1) is 9.73. The van der Waals surface area contributed by atoms with Gasteiger partial charge in [-0.25, -0.2) is 0 Å². The highest BCUT2D eigenvalue weighted by molar-refractivity contribution is 9.09. The zero-order chi connectivity index (χ0) is 14.0. The summed E-state index contributed by atoms with van der Waals surface area (Å²) in [4.78, 5) is 0. The van der Waals surface area contributed by atoms with Crippen LogP contribution < -0.4 is 0 Å². The largest absolute Gasteiger partial charge is 0.378 e. The van der Waals surface area contributed by atoms with Gasteiger partial charge in [0, 0.05) is 30.0 Å². The molecule has 1 aliphatic heterocycles. The van der Waals surface area contributed by atoms with Crippen molar-refractivity contribution in [3.05, 3.63) is 18.0 Å². The van der Waals surface area contributed by atoms with E-state index >= 15 is 0 Å². The van der Waals surface area contributed by atoms with Crippen LogP contribution in [0, 0.1) is 5.41 Å². The van der Waals surface area contributed by atoms with Crippen molar-refractivity contribution < 1.29 is 4.74 Å². The van der Waals surface area contributed by atoms with Crippen LogP contribution in [-0.2, 0) is 11.2 Å². The Labute approximate surface area is 130 Å². The fourth-order valence-electron chi connectivity index (χ4n) is 3.66. The van der Waals surface area contributed by atoms with Crippen LogP contribution in [0.1, 0.15) is 57.2 Å². The van der Waals surface area contributed by atoms with E-state index in [-0.39, 0.29) is 5.41 Å². The fraction of sp³-hybridized carbons (Fsp3) is 0.812. The van der Waals surface area contributed by atoms with Crippen LogP contribution >= 0.6 is 15.9 Å². The average molecular weight is 341 g/mol. The summed E-state index contributed by atoms with van der Waals surface area (Å²) >= 11 is 3.70. The summed E-state index contributed by atoms with van der Waals surface area (Å²) in [5.41, 5.74) is 1.46. The normalized spacial score (nSPS) is 31.8. The maximum Gasteiger partial charge on any atom is 0.0631 e. The molecule has 2 atom stereocenters. The minimum atomic E-state index is 0.228.